The van der Waals surface area contributed by atoms with Crippen LogP contribution in [0.3, 0.4) is 0 Å². The number of hydrogen-bond acceptors (Lipinski definition) is 6. The maximum atomic E-state index is 14.0. The van der Waals surface area contributed by atoms with Crippen molar-refractivity contribution >= 4 is 34.4 Å². The fourth-order valence-corrected chi connectivity index (χ4v) is 4.92. The summed E-state index contributed by atoms with van der Waals surface area (Å²) >= 11 is 0. The zero-order chi connectivity index (χ0) is 23.9. The monoisotopic (exact) mass is 461 g/mol. The molecule has 0 aliphatic carbocycles. The number of fused-ring (bicyclic) bond motifs is 1. The molecule has 0 N–H and O–H groups in total. The summed E-state index contributed by atoms with van der Waals surface area (Å²) in [6.45, 7) is 2.06. The molecule has 0 saturated carbocycles. The van der Waals surface area contributed by atoms with Crippen molar-refractivity contribution in [2.45, 2.75) is 18.3 Å². The maximum absolute atomic E-state index is 14.0. The molecule has 3 aromatic rings. The zero-order valence-electron chi connectivity index (χ0n) is 18.8. The molecule has 2 fully saturated rings. The van der Waals surface area contributed by atoms with E-state index in [2.05, 4.69) is 14.9 Å². The lowest BCUT2D eigenvalue weighted by Gasteiger charge is -2.37. The number of rotatable bonds is 4. The number of likely N-dealkylation sites (N-methyl/N-ethyl adjacent to an activating group) is 1. The summed E-state index contributed by atoms with van der Waals surface area (Å²) in [4.78, 5) is 52.5. The van der Waals surface area contributed by atoms with E-state index >= 15 is 0 Å². The second-order valence-corrected chi connectivity index (χ2v) is 8.79. The van der Waals surface area contributed by atoms with Gasteiger partial charge in [-0.15, -0.1) is 0 Å². The number of halogens is 1. The molecule has 8 nitrogen and oxygen atoms in total. The standard InChI is InChI=1S/C25H24FN5O3/c1-29-21(32)14-25(24(29)34,17-5-4-6-18(26)13-17)15-22(33)30-9-11-31(12-10-30)23-19-7-2-3-8-20(19)27-16-28-23/h2-8,13,16H,9-12,14-15H2,1H3. The number of para-hydroxylation sites is 1. The van der Waals surface area contributed by atoms with Gasteiger partial charge in [0.05, 0.1) is 10.9 Å². The zero-order valence-corrected chi connectivity index (χ0v) is 18.8. The maximum Gasteiger partial charge on any atom is 0.240 e. The number of aromatic nitrogens is 2. The van der Waals surface area contributed by atoms with E-state index in [4.69, 9.17) is 0 Å². The van der Waals surface area contributed by atoms with Gasteiger partial charge < -0.3 is 9.80 Å². The van der Waals surface area contributed by atoms with Gasteiger partial charge >= 0.3 is 0 Å². The SMILES string of the molecule is CN1C(=O)CC(CC(=O)N2CCN(c3ncnc4ccccc34)CC2)(c2cccc(F)c2)C1=O. The number of carbonyl (C=O) groups excluding carboxylic acids is 3. The lowest BCUT2D eigenvalue weighted by atomic mass is 9.75. The summed E-state index contributed by atoms with van der Waals surface area (Å²) in [5, 5.41) is 0.952. The first-order valence-electron chi connectivity index (χ1n) is 11.2. The van der Waals surface area contributed by atoms with Crippen molar-refractivity contribution in [3.05, 3.63) is 66.2 Å². The smallest absolute Gasteiger partial charge is 0.240 e. The quantitative estimate of drug-likeness (QED) is 0.554. The van der Waals surface area contributed by atoms with E-state index in [1.165, 1.54) is 31.6 Å². The number of amides is 3. The van der Waals surface area contributed by atoms with Crippen LogP contribution in [0.2, 0.25) is 0 Å². The van der Waals surface area contributed by atoms with Crippen molar-refractivity contribution < 1.29 is 18.8 Å². The van der Waals surface area contributed by atoms with E-state index in [9.17, 15) is 18.8 Å². The van der Waals surface area contributed by atoms with E-state index in [0.717, 1.165) is 21.6 Å². The van der Waals surface area contributed by atoms with Crippen LogP contribution >= 0.6 is 0 Å². The first-order chi connectivity index (χ1) is 16.4. The third-order valence-corrected chi connectivity index (χ3v) is 6.83. The van der Waals surface area contributed by atoms with Crippen molar-refractivity contribution in [1.29, 1.82) is 0 Å². The van der Waals surface area contributed by atoms with Gasteiger partial charge in [-0.25, -0.2) is 14.4 Å². The Morgan fingerprint density at radius 1 is 1.03 bits per heavy atom. The molecular formula is C25H24FN5O3. The Labute approximate surface area is 196 Å². The molecule has 0 spiro atoms. The van der Waals surface area contributed by atoms with Gasteiger partial charge in [0.15, 0.2) is 0 Å². The summed E-state index contributed by atoms with van der Waals surface area (Å²) in [6, 6.07) is 13.4. The normalized spacial score (nSPS) is 20.9. The summed E-state index contributed by atoms with van der Waals surface area (Å²) in [6.07, 6.45) is 1.21. The average molecular weight is 461 g/mol. The second-order valence-electron chi connectivity index (χ2n) is 8.79. The lowest BCUT2D eigenvalue weighted by Crippen LogP contribution is -2.51. The van der Waals surface area contributed by atoms with Crippen LogP contribution in [-0.4, -0.2) is 70.7 Å². The van der Waals surface area contributed by atoms with Crippen molar-refractivity contribution in [3.63, 3.8) is 0 Å². The average Bonchev–Trinajstić information content (AvgIpc) is 3.08. The van der Waals surface area contributed by atoms with E-state index in [0.29, 0.717) is 31.7 Å². The Balaban J connectivity index is 1.35. The van der Waals surface area contributed by atoms with Gasteiger partial charge in [0, 0.05) is 51.5 Å². The number of anilines is 1. The molecular weight excluding hydrogens is 437 g/mol. The van der Waals surface area contributed by atoms with Gasteiger partial charge in [0.25, 0.3) is 0 Å². The predicted molar refractivity (Wildman–Crippen MR) is 123 cm³/mol. The molecule has 3 heterocycles. The van der Waals surface area contributed by atoms with E-state index in [1.807, 2.05) is 24.3 Å². The van der Waals surface area contributed by atoms with Gasteiger partial charge in [-0.3, -0.25) is 19.3 Å². The predicted octanol–water partition coefficient (Wildman–Crippen LogP) is 2.13. The fraction of sp³-hybridized carbons (Fsp3) is 0.320. The number of nitrogens with zero attached hydrogens (tertiary/aromatic N) is 5. The summed E-state index contributed by atoms with van der Waals surface area (Å²) < 4.78 is 14.0. The van der Waals surface area contributed by atoms with Crippen molar-refractivity contribution in [2.24, 2.45) is 0 Å². The van der Waals surface area contributed by atoms with Crippen LogP contribution < -0.4 is 4.90 Å². The molecule has 1 atom stereocenters. The minimum absolute atomic E-state index is 0.148. The van der Waals surface area contributed by atoms with Crippen LogP contribution in [0.25, 0.3) is 10.9 Å². The molecule has 2 saturated heterocycles. The third kappa shape index (κ3) is 3.67. The Bertz CT molecular complexity index is 1290. The van der Waals surface area contributed by atoms with Crippen LogP contribution in [0.15, 0.2) is 54.9 Å². The van der Waals surface area contributed by atoms with Gasteiger partial charge in [-0.2, -0.15) is 0 Å². The van der Waals surface area contributed by atoms with Crippen LogP contribution in [0, 0.1) is 5.82 Å². The van der Waals surface area contributed by atoms with E-state index in [1.54, 1.807) is 11.0 Å². The first-order valence-corrected chi connectivity index (χ1v) is 11.2. The number of likely N-dealkylation sites (tertiary alicyclic amines) is 1. The molecule has 2 aliphatic rings. The number of carbonyl (C=O) groups is 3. The molecule has 34 heavy (non-hydrogen) atoms. The molecule has 5 rings (SSSR count). The Kier molecular flexibility index (Phi) is 5.47. The Morgan fingerprint density at radius 2 is 1.79 bits per heavy atom. The minimum atomic E-state index is -1.38. The number of imide groups is 1. The topological polar surface area (TPSA) is 86.7 Å². The number of hydrogen-bond donors (Lipinski definition) is 0. The highest BCUT2D eigenvalue weighted by Crippen LogP contribution is 2.40. The second kappa shape index (κ2) is 8.48. The van der Waals surface area contributed by atoms with Crippen molar-refractivity contribution in [2.75, 3.05) is 38.1 Å². The van der Waals surface area contributed by atoms with Gasteiger partial charge in [-0.05, 0) is 29.8 Å². The molecule has 0 radical (unpaired) electrons. The Morgan fingerprint density at radius 3 is 2.50 bits per heavy atom. The molecule has 174 valence electrons. The number of piperazine rings is 1. The summed E-state index contributed by atoms with van der Waals surface area (Å²) in [7, 11) is 1.40. The number of benzene rings is 2. The molecule has 3 amide bonds. The molecule has 1 unspecified atom stereocenters. The van der Waals surface area contributed by atoms with Crippen LogP contribution in [0.1, 0.15) is 18.4 Å². The van der Waals surface area contributed by atoms with E-state index in [-0.39, 0.29) is 24.7 Å². The molecule has 1 aromatic heterocycles. The lowest BCUT2D eigenvalue weighted by molar-refractivity contribution is -0.141. The largest absolute Gasteiger partial charge is 0.352 e. The highest BCUT2D eigenvalue weighted by atomic mass is 19.1. The van der Waals surface area contributed by atoms with Gasteiger partial charge in [0.1, 0.15) is 18.0 Å². The van der Waals surface area contributed by atoms with Crippen LogP contribution in [0.5, 0.6) is 0 Å². The molecule has 9 heteroatoms. The third-order valence-electron chi connectivity index (χ3n) is 6.83. The molecule has 2 aliphatic heterocycles. The highest BCUT2D eigenvalue weighted by Gasteiger charge is 2.53. The van der Waals surface area contributed by atoms with Gasteiger partial charge in [0.2, 0.25) is 17.7 Å². The first kappa shape index (κ1) is 21.9. The summed E-state index contributed by atoms with van der Waals surface area (Å²) in [5.41, 5.74) is -0.170. The van der Waals surface area contributed by atoms with Crippen molar-refractivity contribution in [1.82, 2.24) is 19.8 Å². The fourth-order valence-electron chi connectivity index (χ4n) is 4.92. The van der Waals surface area contributed by atoms with Crippen LogP contribution in [-0.2, 0) is 19.8 Å². The van der Waals surface area contributed by atoms with Crippen LogP contribution in [0.4, 0.5) is 10.2 Å². The van der Waals surface area contributed by atoms with E-state index < -0.39 is 17.1 Å². The molecule has 2 aromatic carbocycles. The highest BCUT2D eigenvalue weighted by molar-refractivity contribution is 6.10. The van der Waals surface area contributed by atoms with Gasteiger partial charge in [-0.1, -0.05) is 24.3 Å². The summed E-state index contributed by atoms with van der Waals surface area (Å²) in [5.74, 6) is -0.755. The minimum Gasteiger partial charge on any atom is -0.352 e. The Hall–Kier alpha value is -3.88. The molecule has 0 bridgehead atoms. The van der Waals surface area contributed by atoms with Crippen molar-refractivity contribution in [3.8, 4) is 0 Å².